The molecule has 1 fully saturated rings. The maximum atomic E-state index is 12.7. The summed E-state index contributed by atoms with van der Waals surface area (Å²) in [5, 5.41) is 9.32. The van der Waals surface area contributed by atoms with Gasteiger partial charge in [0, 0.05) is 5.02 Å². The molecule has 0 N–H and O–H groups in total. The lowest BCUT2D eigenvalue weighted by Crippen LogP contribution is -2.02. The highest BCUT2D eigenvalue weighted by molar-refractivity contribution is 6.31. The predicted octanol–water partition coefficient (Wildman–Crippen LogP) is 3.33. The molecule has 0 aromatic heterocycles. The van der Waals surface area contributed by atoms with E-state index in [1.165, 1.54) is 12.1 Å². The first-order chi connectivity index (χ1) is 6.65. The van der Waals surface area contributed by atoms with Gasteiger partial charge in [-0.05, 0) is 37.0 Å². The molecule has 0 bridgehead atoms. The Morgan fingerprint density at radius 1 is 1.50 bits per heavy atom. The largest absolute Gasteiger partial charge is 0.207 e. The van der Waals surface area contributed by atoms with E-state index < -0.39 is 0 Å². The molecule has 0 radical (unpaired) electrons. The van der Waals surface area contributed by atoms with Crippen LogP contribution in [0, 0.1) is 22.6 Å². The molecule has 1 aromatic rings. The average molecular weight is 210 g/mol. The van der Waals surface area contributed by atoms with Crippen LogP contribution in [-0.4, -0.2) is 0 Å². The number of hydrogen-bond acceptors (Lipinski definition) is 1. The molecule has 0 heterocycles. The van der Waals surface area contributed by atoms with Crippen LogP contribution in [0.25, 0.3) is 0 Å². The summed E-state index contributed by atoms with van der Waals surface area (Å²) in [7, 11) is 0. The van der Waals surface area contributed by atoms with Crippen LogP contribution in [0.15, 0.2) is 18.2 Å². The number of benzene rings is 1. The molecule has 0 saturated heterocycles. The highest BCUT2D eigenvalue weighted by atomic mass is 35.5. The monoisotopic (exact) mass is 209 g/mol. The lowest BCUT2D eigenvalue weighted by atomic mass is 9.98. The lowest BCUT2D eigenvalue weighted by molar-refractivity contribution is 0.623. The van der Waals surface area contributed by atoms with Gasteiger partial charge in [0.05, 0.1) is 11.5 Å². The number of rotatable bonds is 2. The number of nitriles is 1. The normalized spacial score (nSPS) is 17.5. The standard InChI is InChI=1S/C11H9ClFN/c12-10-5-9(13)2-1-8(10)6-11(7-14)3-4-11/h1-2,5H,3-4,6H2. The van der Waals surface area contributed by atoms with E-state index in [0.29, 0.717) is 11.4 Å². The molecule has 0 atom stereocenters. The summed E-state index contributed by atoms with van der Waals surface area (Å²) in [5.41, 5.74) is 0.647. The molecule has 3 heteroatoms. The summed E-state index contributed by atoms with van der Waals surface area (Å²) >= 11 is 5.87. The second kappa shape index (κ2) is 3.25. The summed E-state index contributed by atoms with van der Waals surface area (Å²) in [5.74, 6) is -0.333. The summed E-state index contributed by atoms with van der Waals surface area (Å²) < 4.78 is 12.7. The predicted molar refractivity (Wildman–Crippen MR) is 52.4 cm³/mol. The van der Waals surface area contributed by atoms with E-state index in [1.54, 1.807) is 6.07 Å². The Balaban J connectivity index is 2.22. The van der Waals surface area contributed by atoms with Crippen molar-refractivity contribution in [2.45, 2.75) is 19.3 Å². The third-order valence-corrected chi connectivity index (χ3v) is 2.99. The molecule has 0 aliphatic heterocycles. The second-order valence-corrected chi connectivity index (χ2v) is 4.21. The van der Waals surface area contributed by atoms with Crippen molar-refractivity contribution in [3.8, 4) is 6.07 Å². The van der Waals surface area contributed by atoms with E-state index in [1.807, 2.05) is 0 Å². The van der Waals surface area contributed by atoms with Crippen molar-refractivity contribution in [2.24, 2.45) is 5.41 Å². The first kappa shape index (κ1) is 9.48. The number of hydrogen-bond donors (Lipinski definition) is 0. The molecule has 0 spiro atoms. The maximum Gasteiger partial charge on any atom is 0.124 e. The Hall–Kier alpha value is -1.07. The van der Waals surface area contributed by atoms with Crippen LogP contribution < -0.4 is 0 Å². The van der Waals surface area contributed by atoms with Gasteiger partial charge in [0.1, 0.15) is 5.82 Å². The first-order valence-corrected chi connectivity index (χ1v) is 4.88. The van der Waals surface area contributed by atoms with E-state index >= 15 is 0 Å². The highest BCUT2D eigenvalue weighted by Gasteiger charge is 2.43. The molecular formula is C11H9ClFN. The van der Waals surface area contributed by atoms with Crippen LogP contribution in [-0.2, 0) is 6.42 Å². The van der Waals surface area contributed by atoms with Crippen LogP contribution in [0.2, 0.25) is 5.02 Å². The van der Waals surface area contributed by atoms with Crippen molar-refractivity contribution in [2.75, 3.05) is 0 Å². The van der Waals surface area contributed by atoms with Crippen molar-refractivity contribution in [1.29, 1.82) is 5.26 Å². The number of nitrogens with zero attached hydrogens (tertiary/aromatic N) is 1. The van der Waals surface area contributed by atoms with Gasteiger partial charge in [-0.1, -0.05) is 17.7 Å². The van der Waals surface area contributed by atoms with Gasteiger partial charge in [-0.15, -0.1) is 0 Å². The first-order valence-electron chi connectivity index (χ1n) is 4.50. The fourth-order valence-electron chi connectivity index (χ4n) is 1.51. The van der Waals surface area contributed by atoms with Gasteiger partial charge in [-0.25, -0.2) is 4.39 Å². The van der Waals surface area contributed by atoms with Crippen LogP contribution in [0.3, 0.4) is 0 Å². The van der Waals surface area contributed by atoms with Gasteiger partial charge in [0.25, 0.3) is 0 Å². The highest BCUT2D eigenvalue weighted by Crippen LogP contribution is 2.48. The molecule has 1 aromatic carbocycles. The Labute approximate surface area is 87.1 Å². The molecule has 1 nitrogen and oxygen atoms in total. The van der Waals surface area contributed by atoms with E-state index in [2.05, 4.69) is 6.07 Å². The van der Waals surface area contributed by atoms with Crippen LogP contribution in [0.5, 0.6) is 0 Å². The fraction of sp³-hybridized carbons (Fsp3) is 0.364. The SMILES string of the molecule is N#CC1(Cc2ccc(F)cc2Cl)CC1. The van der Waals surface area contributed by atoms with Crippen LogP contribution in [0.1, 0.15) is 18.4 Å². The summed E-state index contributed by atoms with van der Waals surface area (Å²) in [6, 6.07) is 6.63. The molecule has 1 aliphatic rings. The summed E-state index contributed by atoms with van der Waals surface area (Å²) in [4.78, 5) is 0. The molecule has 0 amide bonds. The van der Waals surface area contributed by atoms with Gasteiger partial charge < -0.3 is 0 Å². The Bertz CT molecular complexity index is 404. The Kier molecular flexibility index (Phi) is 2.20. The molecule has 72 valence electrons. The topological polar surface area (TPSA) is 23.8 Å². The van der Waals surface area contributed by atoms with Gasteiger partial charge >= 0.3 is 0 Å². The zero-order valence-corrected chi connectivity index (χ0v) is 8.31. The zero-order chi connectivity index (χ0) is 10.2. The average Bonchev–Trinajstić information content (AvgIpc) is 2.91. The minimum Gasteiger partial charge on any atom is -0.207 e. The van der Waals surface area contributed by atoms with Crippen LogP contribution >= 0.6 is 11.6 Å². The van der Waals surface area contributed by atoms with E-state index in [9.17, 15) is 4.39 Å². The summed E-state index contributed by atoms with van der Waals surface area (Å²) in [6.45, 7) is 0. The van der Waals surface area contributed by atoms with Gasteiger partial charge in [-0.2, -0.15) is 5.26 Å². The molecule has 14 heavy (non-hydrogen) atoms. The van der Waals surface area contributed by atoms with Crippen molar-refractivity contribution >= 4 is 11.6 Å². The molecular weight excluding hydrogens is 201 g/mol. The quantitative estimate of drug-likeness (QED) is 0.733. The van der Waals surface area contributed by atoms with E-state index in [-0.39, 0.29) is 11.2 Å². The Morgan fingerprint density at radius 2 is 2.21 bits per heavy atom. The minimum absolute atomic E-state index is 0.221. The van der Waals surface area contributed by atoms with Crippen molar-refractivity contribution in [3.63, 3.8) is 0 Å². The van der Waals surface area contributed by atoms with Gasteiger partial charge in [0.2, 0.25) is 0 Å². The van der Waals surface area contributed by atoms with E-state index in [4.69, 9.17) is 16.9 Å². The molecule has 2 rings (SSSR count). The summed E-state index contributed by atoms with van der Waals surface area (Å²) in [6.07, 6.45) is 2.50. The molecule has 0 unspecified atom stereocenters. The van der Waals surface area contributed by atoms with Crippen molar-refractivity contribution < 1.29 is 4.39 Å². The fourth-order valence-corrected chi connectivity index (χ4v) is 1.74. The van der Waals surface area contributed by atoms with Crippen LogP contribution in [0.4, 0.5) is 4.39 Å². The third-order valence-electron chi connectivity index (χ3n) is 2.63. The minimum atomic E-state index is -0.333. The van der Waals surface area contributed by atoms with Gasteiger partial charge in [-0.3, -0.25) is 0 Å². The van der Waals surface area contributed by atoms with E-state index in [0.717, 1.165) is 18.4 Å². The van der Waals surface area contributed by atoms with Gasteiger partial charge in [0.15, 0.2) is 0 Å². The smallest absolute Gasteiger partial charge is 0.124 e. The Morgan fingerprint density at radius 3 is 2.71 bits per heavy atom. The second-order valence-electron chi connectivity index (χ2n) is 3.80. The number of halogens is 2. The molecule has 1 aliphatic carbocycles. The zero-order valence-electron chi connectivity index (χ0n) is 7.56. The van der Waals surface area contributed by atoms with Crippen molar-refractivity contribution in [1.82, 2.24) is 0 Å². The lowest BCUT2D eigenvalue weighted by Gasteiger charge is -2.07. The maximum absolute atomic E-state index is 12.7. The third kappa shape index (κ3) is 1.73. The molecule has 1 saturated carbocycles. The van der Waals surface area contributed by atoms with Crippen molar-refractivity contribution in [3.05, 3.63) is 34.6 Å².